The molecule has 0 aliphatic rings. The fourth-order valence-corrected chi connectivity index (χ4v) is 1.57. The van der Waals surface area contributed by atoms with Crippen LogP contribution in [-0.2, 0) is 6.42 Å². The second-order valence-electron chi connectivity index (χ2n) is 4.35. The van der Waals surface area contributed by atoms with Crippen molar-refractivity contribution in [3.05, 3.63) is 35.4 Å². The van der Waals surface area contributed by atoms with Crippen LogP contribution in [0.4, 0.5) is 0 Å². The summed E-state index contributed by atoms with van der Waals surface area (Å²) in [6.45, 7) is 5.46. The number of halogens is 1. The van der Waals surface area contributed by atoms with E-state index in [0.29, 0.717) is 11.9 Å². The van der Waals surface area contributed by atoms with E-state index in [4.69, 9.17) is 11.6 Å². The number of rotatable bonds is 5. The van der Waals surface area contributed by atoms with Gasteiger partial charge in [0, 0.05) is 6.54 Å². The summed E-state index contributed by atoms with van der Waals surface area (Å²) in [5.41, 5.74) is 2.79. The molecule has 1 aromatic carbocycles. The Kier molecular flexibility index (Phi) is 5.13. The zero-order chi connectivity index (χ0) is 11.3. The Labute approximate surface area is 98.0 Å². The minimum Gasteiger partial charge on any atom is -0.293 e. The highest BCUT2D eigenvalue weighted by Crippen LogP contribution is 2.14. The van der Waals surface area contributed by atoms with Crippen molar-refractivity contribution in [2.45, 2.75) is 26.2 Å². The molecule has 2 heteroatoms. The Morgan fingerprint density at radius 3 is 2.27 bits per heavy atom. The largest absolute Gasteiger partial charge is 0.293 e. The molecule has 0 aliphatic heterocycles. The van der Waals surface area contributed by atoms with Gasteiger partial charge in [0.2, 0.25) is 0 Å². The minimum atomic E-state index is 0.601. The lowest BCUT2D eigenvalue weighted by Gasteiger charge is -2.12. The van der Waals surface area contributed by atoms with E-state index in [1.807, 2.05) is 7.05 Å². The maximum atomic E-state index is 5.71. The van der Waals surface area contributed by atoms with Gasteiger partial charge in [-0.05, 0) is 30.5 Å². The van der Waals surface area contributed by atoms with Crippen molar-refractivity contribution >= 4 is 11.6 Å². The predicted octanol–water partition coefficient (Wildman–Crippen LogP) is 3.48. The molecule has 1 nitrogen and oxygen atoms in total. The molecular formula is C13H20ClN. The zero-order valence-electron chi connectivity index (χ0n) is 9.83. The molecule has 0 saturated heterocycles. The van der Waals surface area contributed by atoms with Gasteiger partial charge in [0.15, 0.2) is 0 Å². The third-order valence-corrected chi connectivity index (χ3v) is 3.04. The van der Waals surface area contributed by atoms with Crippen molar-refractivity contribution in [1.29, 1.82) is 0 Å². The van der Waals surface area contributed by atoms with Gasteiger partial charge in [0.25, 0.3) is 0 Å². The van der Waals surface area contributed by atoms with Crippen LogP contribution in [0.25, 0.3) is 0 Å². The fraction of sp³-hybridized carbons (Fsp3) is 0.538. The lowest BCUT2D eigenvalue weighted by atomic mass is 10.0. The van der Waals surface area contributed by atoms with Crippen LogP contribution in [-0.4, -0.2) is 24.5 Å². The normalized spacial score (nSPS) is 11.3. The van der Waals surface area contributed by atoms with E-state index >= 15 is 0 Å². The first-order valence-electron chi connectivity index (χ1n) is 5.47. The van der Waals surface area contributed by atoms with Crippen LogP contribution in [0.15, 0.2) is 24.3 Å². The van der Waals surface area contributed by atoms with Gasteiger partial charge >= 0.3 is 0 Å². The molecule has 0 spiro atoms. The van der Waals surface area contributed by atoms with Crippen molar-refractivity contribution in [3.63, 3.8) is 0 Å². The summed E-state index contributed by atoms with van der Waals surface area (Å²) in [5.74, 6) is 0.615. The van der Waals surface area contributed by atoms with Crippen LogP contribution < -0.4 is 0 Å². The second-order valence-corrected chi connectivity index (χ2v) is 4.58. The second kappa shape index (κ2) is 6.14. The van der Waals surface area contributed by atoms with Crippen LogP contribution in [0.5, 0.6) is 0 Å². The standard InChI is InChI=1S/C13H20ClN/c1-11(2)13-6-4-12(5-7-13)8-9-15(3)10-14/h4-7,11H,8-10H2,1-3H3. The number of benzene rings is 1. The minimum absolute atomic E-state index is 0.601. The van der Waals surface area contributed by atoms with Gasteiger partial charge in [0.1, 0.15) is 0 Å². The van der Waals surface area contributed by atoms with E-state index in [-0.39, 0.29) is 0 Å². The lowest BCUT2D eigenvalue weighted by Crippen LogP contribution is -2.19. The van der Waals surface area contributed by atoms with Gasteiger partial charge in [-0.25, -0.2) is 0 Å². The van der Waals surface area contributed by atoms with Crippen LogP contribution >= 0.6 is 11.6 Å². The van der Waals surface area contributed by atoms with Crippen molar-refractivity contribution in [2.75, 3.05) is 19.6 Å². The Morgan fingerprint density at radius 2 is 1.80 bits per heavy atom. The van der Waals surface area contributed by atoms with Crippen LogP contribution in [0.2, 0.25) is 0 Å². The molecule has 15 heavy (non-hydrogen) atoms. The molecule has 0 N–H and O–H groups in total. The van der Waals surface area contributed by atoms with Crippen molar-refractivity contribution in [2.24, 2.45) is 0 Å². The summed E-state index contributed by atoms with van der Waals surface area (Å²) in [6, 6.07) is 9.49. The maximum absolute atomic E-state index is 5.71. The monoisotopic (exact) mass is 225 g/mol. The zero-order valence-corrected chi connectivity index (χ0v) is 10.6. The van der Waals surface area contributed by atoms with Gasteiger partial charge in [-0.1, -0.05) is 38.1 Å². The smallest absolute Gasteiger partial charge is 0.0736 e. The highest BCUT2D eigenvalue weighted by Gasteiger charge is 2.00. The quantitative estimate of drug-likeness (QED) is 0.548. The molecule has 0 heterocycles. The third kappa shape index (κ3) is 4.23. The maximum Gasteiger partial charge on any atom is 0.0736 e. The van der Waals surface area contributed by atoms with E-state index in [1.54, 1.807) is 0 Å². The Bertz CT molecular complexity index is 279. The molecule has 0 amide bonds. The molecule has 0 atom stereocenters. The van der Waals surface area contributed by atoms with Crippen LogP contribution in [0.3, 0.4) is 0 Å². The number of likely N-dealkylation sites (N-methyl/N-ethyl adjacent to an activating group) is 1. The summed E-state index contributed by atoms with van der Waals surface area (Å²) in [4.78, 5) is 2.11. The van der Waals surface area contributed by atoms with Gasteiger partial charge in [-0.2, -0.15) is 0 Å². The average molecular weight is 226 g/mol. The molecule has 0 fully saturated rings. The molecule has 0 aromatic heterocycles. The lowest BCUT2D eigenvalue weighted by molar-refractivity contribution is 0.394. The summed E-state index contributed by atoms with van der Waals surface area (Å²) in [6.07, 6.45) is 1.07. The molecule has 84 valence electrons. The first kappa shape index (κ1) is 12.5. The molecule has 0 unspecified atom stereocenters. The van der Waals surface area contributed by atoms with E-state index in [1.165, 1.54) is 11.1 Å². The summed E-state index contributed by atoms with van der Waals surface area (Å²) in [7, 11) is 2.04. The van der Waals surface area contributed by atoms with E-state index in [0.717, 1.165) is 13.0 Å². The first-order chi connectivity index (χ1) is 7.13. The Hall–Kier alpha value is -0.530. The van der Waals surface area contributed by atoms with Crippen molar-refractivity contribution in [1.82, 2.24) is 4.90 Å². The van der Waals surface area contributed by atoms with Crippen LogP contribution in [0.1, 0.15) is 30.9 Å². The molecule has 1 rings (SSSR count). The molecular weight excluding hydrogens is 206 g/mol. The van der Waals surface area contributed by atoms with E-state index in [2.05, 4.69) is 43.0 Å². The molecule has 1 aromatic rings. The molecule has 0 saturated carbocycles. The molecule has 0 aliphatic carbocycles. The predicted molar refractivity (Wildman–Crippen MR) is 67.6 cm³/mol. The first-order valence-corrected chi connectivity index (χ1v) is 6.00. The fourth-order valence-electron chi connectivity index (χ4n) is 1.45. The third-order valence-electron chi connectivity index (χ3n) is 2.63. The average Bonchev–Trinajstić information content (AvgIpc) is 2.26. The van der Waals surface area contributed by atoms with Gasteiger partial charge < -0.3 is 0 Å². The number of nitrogens with zero attached hydrogens (tertiary/aromatic N) is 1. The van der Waals surface area contributed by atoms with E-state index in [9.17, 15) is 0 Å². The van der Waals surface area contributed by atoms with Crippen molar-refractivity contribution < 1.29 is 0 Å². The topological polar surface area (TPSA) is 3.24 Å². The molecule has 0 bridgehead atoms. The number of hydrogen-bond acceptors (Lipinski definition) is 1. The summed E-state index contributed by atoms with van der Waals surface area (Å²) >= 11 is 5.71. The summed E-state index contributed by atoms with van der Waals surface area (Å²) < 4.78 is 0. The Balaban J connectivity index is 2.50. The highest BCUT2D eigenvalue weighted by atomic mass is 35.5. The number of alkyl halides is 1. The van der Waals surface area contributed by atoms with Gasteiger partial charge in [-0.3, -0.25) is 4.90 Å². The number of hydrogen-bond donors (Lipinski definition) is 0. The highest BCUT2D eigenvalue weighted by molar-refractivity contribution is 6.17. The van der Waals surface area contributed by atoms with Gasteiger partial charge in [0.05, 0.1) is 6.00 Å². The van der Waals surface area contributed by atoms with Crippen LogP contribution in [0, 0.1) is 0 Å². The van der Waals surface area contributed by atoms with Crippen molar-refractivity contribution in [3.8, 4) is 0 Å². The summed E-state index contributed by atoms with van der Waals surface area (Å²) in [5, 5.41) is 0. The Morgan fingerprint density at radius 1 is 1.20 bits per heavy atom. The van der Waals surface area contributed by atoms with E-state index < -0.39 is 0 Å². The van der Waals surface area contributed by atoms with Gasteiger partial charge in [-0.15, -0.1) is 11.6 Å². The SMILES string of the molecule is CC(C)c1ccc(CCN(C)CCl)cc1. The molecule has 0 radical (unpaired) electrons.